The summed E-state index contributed by atoms with van der Waals surface area (Å²) in [4.78, 5) is 5.33. The second-order valence-corrected chi connectivity index (χ2v) is 5.32. The lowest BCUT2D eigenvalue weighted by Crippen LogP contribution is -1.94. The van der Waals surface area contributed by atoms with E-state index >= 15 is 0 Å². The molecule has 5 heteroatoms. The van der Waals surface area contributed by atoms with E-state index in [0.717, 1.165) is 4.90 Å². The molecule has 0 saturated heterocycles. The molecule has 1 aromatic heterocycles. The van der Waals surface area contributed by atoms with E-state index in [1.54, 1.807) is 30.5 Å². The summed E-state index contributed by atoms with van der Waals surface area (Å²) in [5.41, 5.74) is 6.67. The van der Waals surface area contributed by atoms with Crippen LogP contribution in [0.2, 0.25) is 0 Å². The number of hydrogen-bond donors (Lipinski definition) is 1. The number of benzene rings is 2. The first-order valence-electron chi connectivity index (χ1n) is 5.91. The average Bonchev–Trinajstić information content (AvgIpc) is 2.45. The number of hydrogen-bond acceptors (Lipinski definition) is 3. The van der Waals surface area contributed by atoms with E-state index in [-0.39, 0.29) is 5.82 Å². The van der Waals surface area contributed by atoms with Crippen LogP contribution in [0.5, 0.6) is 0 Å². The first-order valence-corrected chi connectivity index (χ1v) is 6.73. The van der Waals surface area contributed by atoms with Crippen molar-refractivity contribution >= 4 is 28.4 Å². The van der Waals surface area contributed by atoms with Crippen molar-refractivity contribution < 1.29 is 8.78 Å². The van der Waals surface area contributed by atoms with Gasteiger partial charge in [0.25, 0.3) is 0 Å². The van der Waals surface area contributed by atoms with Gasteiger partial charge in [-0.25, -0.2) is 8.78 Å². The Hall–Kier alpha value is -2.14. The van der Waals surface area contributed by atoms with Crippen molar-refractivity contribution in [1.29, 1.82) is 0 Å². The third-order valence-corrected chi connectivity index (χ3v) is 3.97. The summed E-state index contributed by atoms with van der Waals surface area (Å²) in [6, 6.07) is 10.7. The predicted octanol–water partition coefficient (Wildman–Crippen LogP) is 4.25. The van der Waals surface area contributed by atoms with Crippen LogP contribution in [-0.4, -0.2) is 4.98 Å². The first-order chi connectivity index (χ1) is 9.65. The van der Waals surface area contributed by atoms with Gasteiger partial charge in [-0.3, -0.25) is 4.98 Å². The molecule has 3 rings (SSSR count). The van der Waals surface area contributed by atoms with Crippen LogP contribution in [0.25, 0.3) is 10.9 Å². The maximum atomic E-state index is 14.1. The molecule has 0 bridgehead atoms. The summed E-state index contributed by atoms with van der Waals surface area (Å²) >= 11 is 1.20. The van der Waals surface area contributed by atoms with Crippen LogP contribution in [0.3, 0.4) is 0 Å². The molecule has 3 aromatic rings. The fourth-order valence-electron chi connectivity index (χ4n) is 1.93. The molecular formula is C15H10F2N2S. The highest BCUT2D eigenvalue weighted by molar-refractivity contribution is 7.99. The van der Waals surface area contributed by atoms with E-state index < -0.39 is 5.82 Å². The number of pyridine rings is 1. The standard InChI is InChI=1S/C15H10F2N2S/c16-9-3-5-10(6-4-9)20-15-12(17)8-13(18)11-2-1-7-19-14(11)15/h1-8H,18H2. The third kappa shape index (κ3) is 2.32. The van der Waals surface area contributed by atoms with E-state index in [1.165, 1.54) is 30.0 Å². The highest BCUT2D eigenvalue weighted by atomic mass is 32.2. The van der Waals surface area contributed by atoms with Crippen LogP contribution in [0.1, 0.15) is 0 Å². The monoisotopic (exact) mass is 288 g/mol. The minimum Gasteiger partial charge on any atom is -0.398 e. The fourth-order valence-corrected chi connectivity index (χ4v) is 2.85. The Kier molecular flexibility index (Phi) is 3.28. The second-order valence-electron chi connectivity index (χ2n) is 4.23. The molecule has 0 aliphatic heterocycles. The van der Waals surface area contributed by atoms with Gasteiger partial charge >= 0.3 is 0 Å². The zero-order valence-electron chi connectivity index (χ0n) is 10.3. The zero-order chi connectivity index (χ0) is 14.1. The molecule has 0 fully saturated rings. The minimum absolute atomic E-state index is 0.324. The van der Waals surface area contributed by atoms with Gasteiger partial charge in [0.05, 0.1) is 10.4 Å². The summed E-state index contributed by atoms with van der Waals surface area (Å²) in [6.07, 6.45) is 1.59. The molecule has 1 heterocycles. The van der Waals surface area contributed by atoms with Gasteiger partial charge in [-0.1, -0.05) is 11.8 Å². The lowest BCUT2D eigenvalue weighted by Gasteiger charge is -2.09. The molecule has 0 unspecified atom stereocenters. The number of halogens is 2. The highest BCUT2D eigenvalue weighted by Gasteiger charge is 2.13. The summed E-state index contributed by atoms with van der Waals surface area (Å²) in [5, 5.41) is 0.707. The summed E-state index contributed by atoms with van der Waals surface area (Å²) < 4.78 is 27.0. The number of anilines is 1. The van der Waals surface area contributed by atoms with E-state index in [2.05, 4.69) is 4.98 Å². The maximum absolute atomic E-state index is 14.1. The molecule has 0 amide bonds. The molecule has 20 heavy (non-hydrogen) atoms. The molecule has 0 aliphatic rings. The molecule has 0 atom stereocenters. The molecule has 2 N–H and O–H groups in total. The largest absolute Gasteiger partial charge is 0.398 e. The topological polar surface area (TPSA) is 38.9 Å². The van der Waals surface area contributed by atoms with Crippen molar-refractivity contribution in [2.45, 2.75) is 9.79 Å². The maximum Gasteiger partial charge on any atom is 0.141 e. The Labute approximate surface area is 118 Å². The highest BCUT2D eigenvalue weighted by Crippen LogP contribution is 2.36. The van der Waals surface area contributed by atoms with Crippen LogP contribution >= 0.6 is 11.8 Å². The molecule has 2 nitrogen and oxygen atoms in total. The predicted molar refractivity (Wildman–Crippen MR) is 76.6 cm³/mol. The van der Waals surface area contributed by atoms with E-state index in [9.17, 15) is 8.78 Å². The van der Waals surface area contributed by atoms with Gasteiger partial charge in [-0.2, -0.15) is 0 Å². The van der Waals surface area contributed by atoms with Gasteiger partial charge in [-0.05, 0) is 42.5 Å². The van der Waals surface area contributed by atoms with Gasteiger partial charge in [-0.15, -0.1) is 0 Å². The number of fused-ring (bicyclic) bond motifs is 1. The average molecular weight is 288 g/mol. The smallest absolute Gasteiger partial charge is 0.141 e. The minimum atomic E-state index is -0.428. The molecule has 0 saturated carbocycles. The molecule has 0 aliphatic carbocycles. The lowest BCUT2D eigenvalue weighted by atomic mass is 10.2. The van der Waals surface area contributed by atoms with Crippen molar-refractivity contribution in [3.63, 3.8) is 0 Å². The third-order valence-electron chi connectivity index (χ3n) is 2.87. The quantitative estimate of drug-likeness (QED) is 0.717. The van der Waals surface area contributed by atoms with Gasteiger partial charge in [0, 0.05) is 22.2 Å². The van der Waals surface area contributed by atoms with Crippen molar-refractivity contribution in [3.05, 3.63) is 60.3 Å². The molecule has 100 valence electrons. The van der Waals surface area contributed by atoms with E-state index in [1.807, 2.05) is 0 Å². The Bertz CT molecular complexity index is 773. The Morgan fingerprint density at radius 3 is 2.55 bits per heavy atom. The second kappa shape index (κ2) is 5.09. The Morgan fingerprint density at radius 2 is 1.80 bits per heavy atom. The fraction of sp³-hybridized carbons (Fsp3) is 0. The Morgan fingerprint density at radius 1 is 1.05 bits per heavy atom. The molecular weight excluding hydrogens is 278 g/mol. The normalized spacial score (nSPS) is 10.9. The zero-order valence-corrected chi connectivity index (χ0v) is 11.1. The van der Waals surface area contributed by atoms with E-state index in [0.29, 0.717) is 21.5 Å². The van der Waals surface area contributed by atoms with Gasteiger partial charge < -0.3 is 5.73 Å². The number of nitrogens with two attached hydrogens (primary N) is 1. The van der Waals surface area contributed by atoms with Crippen LogP contribution in [-0.2, 0) is 0 Å². The number of aromatic nitrogens is 1. The van der Waals surface area contributed by atoms with E-state index in [4.69, 9.17) is 5.73 Å². The van der Waals surface area contributed by atoms with Crippen molar-refractivity contribution in [2.75, 3.05) is 5.73 Å². The van der Waals surface area contributed by atoms with Gasteiger partial charge in [0.1, 0.15) is 11.6 Å². The first kappa shape index (κ1) is 12.9. The van der Waals surface area contributed by atoms with Crippen LogP contribution in [0.4, 0.5) is 14.5 Å². The molecule has 0 radical (unpaired) electrons. The summed E-state index contributed by atoms with van der Waals surface area (Å²) in [7, 11) is 0. The summed E-state index contributed by atoms with van der Waals surface area (Å²) in [6.45, 7) is 0. The molecule has 0 spiro atoms. The SMILES string of the molecule is Nc1cc(F)c(Sc2ccc(F)cc2)c2ncccc12. The van der Waals surface area contributed by atoms with Crippen molar-refractivity contribution in [1.82, 2.24) is 4.98 Å². The number of nitrogen functional groups attached to an aromatic ring is 1. The van der Waals surface area contributed by atoms with Crippen LogP contribution in [0.15, 0.2) is 58.5 Å². The summed E-state index contributed by atoms with van der Waals surface area (Å²) in [5.74, 6) is -0.752. The van der Waals surface area contributed by atoms with Gasteiger partial charge in [0.2, 0.25) is 0 Å². The van der Waals surface area contributed by atoms with Crippen molar-refractivity contribution in [2.24, 2.45) is 0 Å². The van der Waals surface area contributed by atoms with Crippen LogP contribution in [0, 0.1) is 11.6 Å². The number of nitrogens with zero attached hydrogens (tertiary/aromatic N) is 1. The van der Waals surface area contributed by atoms with Crippen molar-refractivity contribution in [3.8, 4) is 0 Å². The number of rotatable bonds is 2. The van der Waals surface area contributed by atoms with Crippen LogP contribution < -0.4 is 5.73 Å². The Balaban J connectivity index is 2.13. The van der Waals surface area contributed by atoms with Gasteiger partial charge in [0.15, 0.2) is 0 Å². The molecule has 2 aromatic carbocycles. The lowest BCUT2D eigenvalue weighted by molar-refractivity contribution is 0.605.